The summed E-state index contributed by atoms with van der Waals surface area (Å²) in [5, 5.41) is 5.96. The lowest BCUT2D eigenvalue weighted by Gasteiger charge is -2.16. The van der Waals surface area contributed by atoms with Crippen molar-refractivity contribution in [2.45, 2.75) is 9.46 Å². The zero-order valence-corrected chi connectivity index (χ0v) is 14.7. The number of carbonyl (C=O) groups is 1. The number of rotatable bonds is 6. The average molecular weight is 376 g/mol. The molecule has 0 saturated heterocycles. The Kier molecular flexibility index (Phi) is 5.20. The first-order valence-corrected chi connectivity index (χ1v) is 9.90. The monoisotopic (exact) mass is 376 g/mol. The Morgan fingerprint density at radius 3 is 2.52 bits per heavy atom. The minimum atomic E-state index is -3.67. The van der Waals surface area contributed by atoms with Crippen molar-refractivity contribution >= 4 is 32.9 Å². The van der Waals surface area contributed by atoms with E-state index in [1.54, 1.807) is 53.9 Å². The summed E-state index contributed by atoms with van der Waals surface area (Å²) >= 11 is 1.13. The lowest BCUT2D eigenvalue weighted by Crippen LogP contribution is -2.34. The van der Waals surface area contributed by atoms with E-state index in [1.165, 1.54) is 6.26 Å². The highest BCUT2D eigenvalue weighted by Gasteiger charge is 2.32. The number of furan rings is 1. The molecule has 1 atom stereocenters. The second-order valence-electron chi connectivity index (χ2n) is 5.18. The van der Waals surface area contributed by atoms with Crippen LogP contribution < -0.4 is 10.6 Å². The van der Waals surface area contributed by atoms with Gasteiger partial charge in [-0.05, 0) is 35.7 Å². The van der Waals surface area contributed by atoms with Crippen molar-refractivity contribution in [1.29, 1.82) is 0 Å². The summed E-state index contributed by atoms with van der Waals surface area (Å²) in [4.78, 5) is 12.1. The Bertz CT molecular complexity index is 905. The first-order valence-electron chi connectivity index (χ1n) is 7.48. The standard InChI is InChI=1S/C17H16N2O4S2/c20-17(19-13-6-2-1-3-7-13)18-12-15(14-8-4-10-23-14)25(21,22)16-9-5-11-24-16/h1-11,15H,12H2,(H2,18,19,20). The largest absolute Gasteiger partial charge is 0.468 e. The summed E-state index contributed by atoms with van der Waals surface area (Å²) in [6, 6.07) is 14.9. The van der Waals surface area contributed by atoms with Gasteiger partial charge in [0.05, 0.1) is 6.26 Å². The molecule has 0 fully saturated rings. The molecule has 0 aliphatic carbocycles. The van der Waals surface area contributed by atoms with Gasteiger partial charge in [-0.1, -0.05) is 24.3 Å². The molecule has 130 valence electrons. The molecule has 2 amide bonds. The normalized spacial score (nSPS) is 12.5. The molecule has 6 nitrogen and oxygen atoms in total. The van der Waals surface area contributed by atoms with Gasteiger partial charge in [0.1, 0.15) is 15.2 Å². The van der Waals surface area contributed by atoms with Gasteiger partial charge in [-0.15, -0.1) is 11.3 Å². The van der Waals surface area contributed by atoms with Crippen LogP contribution in [0.4, 0.5) is 10.5 Å². The first kappa shape index (κ1) is 17.2. The highest BCUT2D eigenvalue weighted by molar-refractivity contribution is 7.93. The van der Waals surface area contributed by atoms with Crippen LogP contribution in [0.3, 0.4) is 0 Å². The van der Waals surface area contributed by atoms with Crippen LogP contribution in [-0.2, 0) is 9.84 Å². The Hall–Kier alpha value is -2.58. The number of thiophene rings is 1. The fourth-order valence-corrected chi connectivity index (χ4v) is 5.08. The van der Waals surface area contributed by atoms with E-state index in [0.717, 1.165) is 11.3 Å². The van der Waals surface area contributed by atoms with E-state index in [9.17, 15) is 13.2 Å². The number of anilines is 1. The highest BCUT2D eigenvalue weighted by atomic mass is 32.2. The van der Waals surface area contributed by atoms with E-state index in [2.05, 4.69) is 10.6 Å². The van der Waals surface area contributed by atoms with Gasteiger partial charge < -0.3 is 15.1 Å². The summed E-state index contributed by atoms with van der Waals surface area (Å²) in [7, 11) is -3.67. The van der Waals surface area contributed by atoms with Gasteiger partial charge in [0, 0.05) is 12.2 Å². The van der Waals surface area contributed by atoms with Crippen molar-refractivity contribution in [3.05, 3.63) is 72.0 Å². The van der Waals surface area contributed by atoms with Gasteiger partial charge in [-0.3, -0.25) is 0 Å². The Balaban J connectivity index is 1.74. The zero-order chi connectivity index (χ0) is 17.7. The Labute approximate surface area is 149 Å². The van der Waals surface area contributed by atoms with Crippen LogP contribution in [0.2, 0.25) is 0 Å². The van der Waals surface area contributed by atoms with E-state index in [0.29, 0.717) is 5.69 Å². The molecule has 0 spiro atoms. The second-order valence-corrected chi connectivity index (χ2v) is 8.49. The first-order chi connectivity index (χ1) is 12.1. The maximum atomic E-state index is 12.8. The number of nitrogens with one attached hydrogen (secondary N) is 2. The number of benzene rings is 1. The van der Waals surface area contributed by atoms with Crippen LogP contribution in [0.1, 0.15) is 11.0 Å². The summed E-state index contributed by atoms with van der Waals surface area (Å²) in [6.07, 6.45) is 1.41. The summed E-state index contributed by atoms with van der Waals surface area (Å²) < 4.78 is 31.2. The molecule has 2 N–H and O–H groups in total. The predicted molar refractivity (Wildman–Crippen MR) is 96.4 cm³/mol. The Morgan fingerprint density at radius 1 is 1.08 bits per heavy atom. The van der Waals surface area contributed by atoms with Gasteiger partial charge >= 0.3 is 6.03 Å². The van der Waals surface area contributed by atoms with Gasteiger partial charge in [0.15, 0.2) is 9.84 Å². The van der Waals surface area contributed by atoms with Gasteiger partial charge in [-0.2, -0.15) is 0 Å². The fraction of sp³-hybridized carbons (Fsp3) is 0.118. The van der Waals surface area contributed by atoms with Crippen LogP contribution in [-0.4, -0.2) is 21.0 Å². The number of urea groups is 1. The van der Waals surface area contributed by atoms with Crippen molar-refractivity contribution in [2.75, 3.05) is 11.9 Å². The van der Waals surface area contributed by atoms with Gasteiger partial charge in [0.2, 0.25) is 0 Å². The molecule has 1 aromatic carbocycles. The smallest absolute Gasteiger partial charge is 0.319 e. The zero-order valence-electron chi connectivity index (χ0n) is 13.1. The summed E-state index contributed by atoms with van der Waals surface area (Å²) in [6.45, 7) is -0.105. The molecule has 3 aromatic rings. The van der Waals surface area contributed by atoms with E-state index in [1.807, 2.05) is 6.07 Å². The third-order valence-corrected chi connectivity index (χ3v) is 6.98. The number of amides is 2. The van der Waals surface area contributed by atoms with Crippen LogP contribution in [0.15, 0.2) is 74.9 Å². The van der Waals surface area contributed by atoms with E-state index >= 15 is 0 Å². The van der Waals surface area contributed by atoms with E-state index in [-0.39, 0.29) is 16.5 Å². The molecule has 3 rings (SSSR count). The molecule has 0 aliphatic heterocycles. The molecule has 1 unspecified atom stereocenters. The lowest BCUT2D eigenvalue weighted by atomic mass is 10.3. The molecular formula is C17H16N2O4S2. The average Bonchev–Trinajstić information content (AvgIpc) is 3.30. The molecule has 0 bridgehead atoms. The summed E-state index contributed by atoms with van der Waals surface area (Å²) in [5.41, 5.74) is 0.621. The third kappa shape index (κ3) is 4.09. The molecule has 2 aromatic heterocycles. The molecular weight excluding hydrogens is 360 g/mol. The number of hydrogen-bond acceptors (Lipinski definition) is 5. The SMILES string of the molecule is O=C(NCC(c1ccco1)S(=O)(=O)c1cccs1)Nc1ccccc1. The number of hydrogen-bond donors (Lipinski definition) is 2. The van der Waals surface area contributed by atoms with Crippen molar-refractivity contribution in [3.63, 3.8) is 0 Å². The molecule has 0 radical (unpaired) electrons. The minimum absolute atomic E-state index is 0.105. The fourth-order valence-electron chi connectivity index (χ4n) is 2.29. The predicted octanol–water partition coefficient (Wildman–Crippen LogP) is 3.68. The summed E-state index contributed by atoms with van der Waals surface area (Å²) in [5.74, 6) is 0.286. The Morgan fingerprint density at radius 2 is 1.88 bits per heavy atom. The molecule has 0 saturated carbocycles. The molecule has 25 heavy (non-hydrogen) atoms. The number of sulfone groups is 1. The van der Waals surface area contributed by atoms with Crippen LogP contribution in [0.5, 0.6) is 0 Å². The topological polar surface area (TPSA) is 88.4 Å². The third-order valence-electron chi connectivity index (χ3n) is 3.49. The van der Waals surface area contributed by atoms with Crippen molar-refractivity contribution < 1.29 is 17.6 Å². The molecule has 8 heteroatoms. The van der Waals surface area contributed by atoms with Crippen molar-refractivity contribution in [2.24, 2.45) is 0 Å². The van der Waals surface area contributed by atoms with Crippen molar-refractivity contribution in [3.8, 4) is 0 Å². The lowest BCUT2D eigenvalue weighted by molar-refractivity contribution is 0.252. The van der Waals surface area contributed by atoms with Crippen LogP contribution in [0.25, 0.3) is 0 Å². The van der Waals surface area contributed by atoms with Gasteiger partial charge in [0.25, 0.3) is 0 Å². The van der Waals surface area contributed by atoms with Gasteiger partial charge in [-0.25, -0.2) is 13.2 Å². The van der Waals surface area contributed by atoms with Crippen LogP contribution in [0, 0.1) is 0 Å². The maximum absolute atomic E-state index is 12.8. The number of para-hydroxylation sites is 1. The quantitative estimate of drug-likeness (QED) is 0.687. The minimum Gasteiger partial charge on any atom is -0.468 e. The molecule has 2 heterocycles. The van der Waals surface area contributed by atoms with E-state index < -0.39 is 21.1 Å². The van der Waals surface area contributed by atoms with Crippen molar-refractivity contribution in [1.82, 2.24) is 5.32 Å². The highest BCUT2D eigenvalue weighted by Crippen LogP contribution is 2.31. The molecule has 0 aliphatic rings. The van der Waals surface area contributed by atoms with Crippen LogP contribution >= 0.6 is 11.3 Å². The second kappa shape index (κ2) is 7.54. The maximum Gasteiger partial charge on any atom is 0.319 e. The van der Waals surface area contributed by atoms with E-state index in [4.69, 9.17) is 4.42 Å². The number of carbonyl (C=O) groups excluding carboxylic acids is 1.